The molecule has 1 aliphatic carbocycles. The summed E-state index contributed by atoms with van der Waals surface area (Å²) in [5.74, 6) is 0.467. The van der Waals surface area contributed by atoms with Crippen LogP contribution >= 0.6 is 11.3 Å². The second kappa shape index (κ2) is 8.93. The summed E-state index contributed by atoms with van der Waals surface area (Å²) in [7, 11) is -2.26. The van der Waals surface area contributed by atoms with E-state index in [1.165, 1.54) is 41.6 Å². The standard InChI is InChI=1S/C20H26N6O3S2/c1-22-31(28,29)14-7-8-16-15(12-14)18(21)26(25-16)17(11-13-5-3-2-4-6-13)19(27)24-20-23-9-10-30-20/h7-10,12-13,17,22H,2-6,11,21H2,1H3,(H,23,24,27). The molecule has 3 aromatic rings. The summed E-state index contributed by atoms with van der Waals surface area (Å²) in [6.45, 7) is 0. The zero-order valence-corrected chi connectivity index (χ0v) is 18.9. The number of hydrogen-bond donors (Lipinski definition) is 3. The SMILES string of the molecule is CNS(=O)(=O)c1ccc2nn(C(CC3CCCCC3)C(=O)Nc3nccs3)c(N)c2c1. The van der Waals surface area contributed by atoms with Crippen LogP contribution in [-0.2, 0) is 14.8 Å². The zero-order valence-electron chi connectivity index (χ0n) is 17.2. The number of nitrogens with zero attached hydrogens (tertiary/aromatic N) is 3. The molecule has 1 fully saturated rings. The van der Waals surface area contributed by atoms with Crippen molar-refractivity contribution >= 4 is 49.1 Å². The minimum atomic E-state index is -3.62. The first kappa shape index (κ1) is 21.7. The predicted molar refractivity (Wildman–Crippen MR) is 121 cm³/mol. The second-order valence-electron chi connectivity index (χ2n) is 7.80. The minimum Gasteiger partial charge on any atom is -0.383 e. The lowest BCUT2D eigenvalue weighted by atomic mass is 9.84. The van der Waals surface area contributed by atoms with Gasteiger partial charge in [-0.3, -0.25) is 4.79 Å². The predicted octanol–water partition coefficient (Wildman–Crippen LogP) is 3.13. The minimum absolute atomic E-state index is 0.102. The van der Waals surface area contributed by atoms with Crippen LogP contribution in [0.5, 0.6) is 0 Å². The molecule has 0 aliphatic heterocycles. The lowest BCUT2D eigenvalue weighted by Crippen LogP contribution is -2.30. The van der Waals surface area contributed by atoms with E-state index >= 15 is 0 Å². The van der Waals surface area contributed by atoms with E-state index in [9.17, 15) is 13.2 Å². The molecule has 11 heteroatoms. The van der Waals surface area contributed by atoms with E-state index in [0.717, 1.165) is 25.7 Å². The summed E-state index contributed by atoms with van der Waals surface area (Å²) < 4.78 is 28.2. The van der Waals surface area contributed by atoms with Gasteiger partial charge in [-0.1, -0.05) is 32.1 Å². The molecule has 1 unspecified atom stereocenters. The van der Waals surface area contributed by atoms with E-state index < -0.39 is 16.1 Å². The first-order valence-electron chi connectivity index (χ1n) is 10.3. The normalized spacial score (nSPS) is 16.4. The molecule has 0 bridgehead atoms. The highest BCUT2D eigenvalue weighted by molar-refractivity contribution is 7.89. The molecule has 1 saturated carbocycles. The lowest BCUT2D eigenvalue weighted by molar-refractivity contribution is -0.120. The summed E-state index contributed by atoms with van der Waals surface area (Å²) in [5, 5.41) is 10.3. The fraction of sp³-hybridized carbons (Fsp3) is 0.450. The van der Waals surface area contributed by atoms with Crippen molar-refractivity contribution in [3.63, 3.8) is 0 Å². The van der Waals surface area contributed by atoms with E-state index in [1.807, 2.05) is 0 Å². The molecule has 31 heavy (non-hydrogen) atoms. The molecule has 9 nitrogen and oxygen atoms in total. The Morgan fingerprint density at radius 3 is 2.77 bits per heavy atom. The number of anilines is 2. The highest BCUT2D eigenvalue weighted by atomic mass is 32.2. The molecule has 0 spiro atoms. The fourth-order valence-electron chi connectivity index (χ4n) is 4.15. The van der Waals surface area contributed by atoms with E-state index in [0.29, 0.717) is 28.4 Å². The Morgan fingerprint density at radius 2 is 2.10 bits per heavy atom. The number of hydrogen-bond acceptors (Lipinski definition) is 7. The summed E-state index contributed by atoms with van der Waals surface area (Å²) in [6, 6.07) is 3.99. The number of sulfonamides is 1. The summed E-state index contributed by atoms with van der Waals surface area (Å²) >= 11 is 1.35. The maximum Gasteiger partial charge on any atom is 0.251 e. The summed E-state index contributed by atoms with van der Waals surface area (Å²) in [4.78, 5) is 17.5. The van der Waals surface area contributed by atoms with Crippen LogP contribution in [0.25, 0.3) is 10.9 Å². The van der Waals surface area contributed by atoms with Gasteiger partial charge in [0.15, 0.2) is 5.13 Å². The molecule has 0 radical (unpaired) electrons. The quantitative estimate of drug-likeness (QED) is 0.494. The number of nitrogens with one attached hydrogen (secondary N) is 2. The third-order valence-corrected chi connectivity index (χ3v) is 7.93. The summed E-state index contributed by atoms with van der Waals surface area (Å²) in [5.41, 5.74) is 6.95. The molecule has 2 heterocycles. The summed E-state index contributed by atoms with van der Waals surface area (Å²) in [6.07, 6.45) is 7.95. The van der Waals surface area contributed by atoms with Crippen LogP contribution in [0.2, 0.25) is 0 Å². The van der Waals surface area contributed by atoms with E-state index in [4.69, 9.17) is 5.73 Å². The Balaban J connectivity index is 1.72. The van der Waals surface area contributed by atoms with Crippen molar-refractivity contribution in [1.29, 1.82) is 0 Å². The molecule has 0 saturated heterocycles. The Labute approximate surface area is 185 Å². The number of rotatable bonds is 7. The first-order chi connectivity index (χ1) is 14.9. The number of carbonyl (C=O) groups excluding carboxylic acids is 1. The highest BCUT2D eigenvalue weighted by Gasteiger charge is 2.29. The van der Waals surface area contributed by atoms with E-state index in [-0.39, 0.29) is 16.6 Å². The molecular formula is C20H26N6O3S2. The van der Waals surface area contributed by atoms with Crippen molar-refractivity contribution in [1.82, 2.24) is 19.5 Å². The lowest BCUT2D eigenvalue weighted by Gasteiger charge is -2.26. The van der Waals surface area contributed by atoms with Crippen molar-refractivity contribution in [2.75, 3.05) is 18.1 Å². The number of thiazole rings is 1. The van der Waals surface area contributed by atoms with Crippen LogP contribution in [0.3, 0.4) is 0 Å². The average Bonchev–Trinajstić information content (AvgIpc) is 3.40. The number of nitrogens with two attached hydrogens (primary N) is 1. The average molecular weight is 463 g/mol. The van der Waals surface area contributed by atoms with Crippen molar-refractivity contribution in [3.8, 4) is 0 Å². The highest BCUT2D eigenvalue weighted by Crippen LogP contribution is 2.34. The topological polar surface area (TPSA) is 132 Å². The Morgan fingerprint density at radius 1 is 1.32 bits per heavy atom. The number of carbonyl (C=O) groups is 1. The van der Waals surface area contributed by atoms with Gasteiger partial charge in [0.25, 0.3) is 5.91 Å². The fourth-order valence-corrected chi connectivity index (χ4v) is 5.44. The van der Waals surface area contributed by atoms with Gasteiger partial charge in [0.05, 0.1) is 10.4 Å². The largest absolute Gasteiger partial charge is 0.383 e. The Kier molecular flexibility index (Phi) is 6.26. The zero-order chi connectivity index (χ0) is 22.0. The third-order valence-electron chi connectivity index (χ3n) is 5.83. The van der Waals surface area contributed by atoms with Gasteiger partial charge in [0.2, 0.25) is 10.0 Å². The maximum atomic E-state index is 13.2. The van der Waals surface area contributed by atoms with E-state index in [1.54, 1.807) is 17.6 Å². The Bertz CT molecular complexity index is 1170. The van der Waals surface area contributed by atoms with Crippen LogP contribution in [0.15, 0.2) is 34.7 Å². The van der Waals surface area contributed by atoms with E-state index in [2.05, 4.69) is 20.1 Å². The van der Waals surface area contributed by atoms with Gasteiger partial charge in [-0.15, -0.1) is 11.3 Å². The number of amides is 1. The molecule has 1 amide bonds. The smallest absolute Gasteiger partial charge is 0.251 e. The van der Waals surface area contributed by atoms with Crippen LogP contribution in [-0.4, -0.2) is 36.1 Å². The number of nitrogen functional groups attached to an aromatic ring is 1. The Hall–Kier alpha value is -2.50. The molecule has 1 atom stereocenters. The van der Waals surface area contributed by atoms with Gasteiger partial charge < -0.3 is 11.1 Å². The van der Waals surface area contributed by atoms with Gasteiger partial charge in [0, 0.05) is 17.0 Å². The van der Waals surface area contributed by atoms with Crippen molar-refractivity contribution in [2.45, 2.75) is 49.5 Å². The molecule has 1 aliphatic rings. The van der Waals surface area contributed by atoms with Crippen LogP contribution < -0.4 is 15.8 Å². The van der Waals surface area contributed by atoms with Gasteiger partial charge in [0.1, 0.15) is 11.9 Å². The van der Waals surface area contributed by atoms with Crippen LogP contribution in [0, 0.1) is 5.92 Å². The van der Waals surface area contributed by atoms with Gasteiger partial charge >= 0.3 is 0 Å². The van der Waals surface area contributed by atoms with Crippen LogP contribution in [0.1, 0.15) is 44.6 Å². The molecule has 1 aromatic carbocycles. The number of aromatic nitrogens is 3. The van der Waals surface area contributed by atoms with Crippen molar-refractivity contribution < 1.29 is 13.2 Å². The number of benzene rings is 1. The van der Waals surface area contributed by atoms with Crippen molar-refractivity contribution in [3.05, 3.63) is 29.8 Å². The molecule has 4 rings (SSSR count). The molecule has 4 N–H and O–H groups in total. The van der Waals surface area contributed by atoms with Gasteiger partial charge in [-0.2, -0.15) is 5.10 Å². The van der Waals surface area contributed by atoms with Gasteiger partial charge in [-0.05, 0) is 37.6 Å². The maximum absolute atomic E-state index is 13.2. The molecule has 2 aromatic heterocycles. The molecule has 166 valence electrons. The molecular weight excluding hydrogens is 436 g/mol. The monoisotopic (exact) mass is 462 g/mol. The first-order valence-corrected chi connectivity index (χ1v) is 12.7. The van der Waals surface area contributed by atoms with Gasteiger partial charge in [-0.25, -0.2) is 22.8 Å². The number of fused-ring (bicyclic) bond motifs is 1. The van der Waals surface area contributed by atoms with Crippen LogP contribution in [0.4, 0.5) is 10.9 Å². The second-order valence-corrected chi connectivity index (χ2v) is 10.6. The third kappa shape index (κ3) is 4.58. The van der Waals surface area contributed by atoms with Crippen molar-refractivity contribution in [2.24, 2.45) is 5.92 Å².